The van der Waals surface area contributed by atoms with Crippen LogP contribution >= 0.6 is 12.2 Å². The van der Waals surface area contributed by atoms with Crippen molar-refractivity contribution >= 4 is 18.4 Å². The molecule has 2 aromatic heterocycles. The maximum Gasteiger partial charge on any atom is 0.216 e. The van der Waals surface area contributed by atoms with Crippen molar-refractivity contribution in [2.75, 3.05) is 0 Å². The van der Waals surface area contributed by atoms with Crippen molar-refractivity contribution in [1.29, 1.82) is 0 Å². The Morgan fingerprint density at radius 3 is 2.82 bits per heavy atom. The van der Waals surface area contributed by atoms with Crippen LogP contribution < -0.4 is 4.74 Å². The highest BCUT2D eigenvalue weighted by Gasteiger charge is 2.05. The Bertz CT molecular complexity index is 833. The lowest BCUT2D eigenvalue weighted by Crippen LogP contribution is -1.98. The summed E-state index contributed by atoms with van der Waals surface area (Å²) in [5.41, 5.74) is 2.32. The van der Waals surface area contributed by atoms with E-state index >= 15 is 0 Å². The molecule has 0 fully saturated rings. The Kier molecular flexibility index (Phi) is 4.05. The number of hydrogen-bond acceptors (Lipinski definition) is 7. The molecule has 0 unspecified atom stereocenters. The molecule has 1 aromatic carbocycles. The first-order chi connectivity index (χ1) is 10.7. The molecule has 0 amide bonds. The van der Waals surface area contributed by atoms with E-state index < -0.39 is 0 Å². The second-order valence-corrected chi connectivity index (χ2v) is 4.79. The third kappa shape index (κ3) is 3.26. The molecule has 1 N–H and O–H groups in total. The fraction of sp³-hybridized carbons (Fsp3) is 0.154. The van der Waals surface area contributed by atoms with Gasteiger partial charge in [-0.2, -0.15) is 14.9 Å². The van der Waals surface area contributed by atoms with Gasteiger partial charge < -0.3 is 4.74 Å². The molecular formula is C13H12N6O2S. The molecule has 0 radical (unpaired) electrons. The molecule has 0 saturated heterocycles. The first-order valence-corrected chi connectivity index (χ1v) is 6.80. The average molecular weight is 316 g/mol. The van der Waals surface area contributed by atoms with E-state index in [1.165, 1.54) is 11.0 Å². The fourth-order valence-electron chi connectivity index (χ4n) is 1.64. The summed E-state index contributed by atoms with van der Waals surface area (Å²) >= 11 is 5.00. The van der Waals surface area contributed by atoms with Crippen LogP contribution in [-0.4, -0.2) is 31.4 Å². The predicted octanol–water partition coefficient (Wildman–Crippen LogP) is 2.09. The van der Waals surface area contributed by atoms with Crippen LogP contribution in [0, 0.1) is 11.7 Å². The number of benzene rings is 1. The van der Waals surface area contributed by atoms with Gasteiger partial charge >= 0.3 is 0 Å². The Balaban J connectivity index is 1.63. The van der Waals surface area contributed by atoms with Crippen LogP contribution in [0.1, 0.15) is 17.0 Å². The molecule has 3 aromatic rings. The van der Waals surface area contributed by atoms with Crippen molar-refractivity contribution in [2.45, 2.75) is 13.5 Å². The van der Waals surface area contributed by atoms with E-state index in [0.717, 1.165) is 17.0 Å². The first kappa shape index (κ1) is 14.1. The second-order valence-electron chi connectivity index (χ2n) is 4.40. The fourth-order valence-corrected chi connectivity index (χ4v) is 1.78. The molecular weight excluding hydrogens is 304 g/mol. The van der Waals surface area contributed by atoms with Crippen LogP contribution in [0.5, 0.6) is 5.75 Å². The second kappa shape index (κ2) is 6.31. The van der Waals surface area contributed by atoms with Crippen LogP contribution in [0.2, 0.25) is 0 Å². The minimum Gasteiger partial charge on any atom is -0.487 e. The molecule has 0 aliphatic heterocycles. The van der Waals surface area contributed by atoms with E-state index in [1.54, 1.807) is 6.21 Å². The van der Waals surface area contributed by atoms with E-state index in [-0.39, 0.29) is 0 Å². The highest BCUT2D eigenvalue weighted by atomic mass is 32.1. The van der Waals surface area contributed by atoms with Gasteiger partial charge in [0, 0.05) is 0 Å². The topological polar surface area (TPSA) is 94.1 Å². The molecule has 22 heavy (non-hydrogen) atoms. The zero-order valence-corrected chi connectivity index (χ0v) is 12.4. The monoisotopic (exact) mass is 316 g/mol. The third-order valence-corrected chi connectivity index (χ3v) is 3.15. The number of aryl methyl sites for hydroxylation is 1. The summed E-state index contributed by atoms with van der Waals surface area (Å²) < 4.78 is 12.1. The van der Waals surface area contributed by atoms with Gasteiger partial charge in [0.25, 0.3) is 0 Å². The highest BCUT2D eigenvalue weighted by Crippen LogP contribution is 2.13. The molecule has 0 saturated carbocycles. The van der Waals surface area contributed by atoms with Gasteiger partial charge in [-0.05, 0) is 49.0 Å². The molecule has 0 atom stereocenters. The summed E-state index contributed by atoms with van der Waals surface area (Å²) in [6, 6.07) is 7.46. The Labute approximate surface area is 130 Å². The Morgan fingerprint density at radius 2 is 2.18 bits per heavy atom. The maximum absolute atomic E-state index is 5.61. The molecule has 0 spiro atoms. The van der Waals surface area contributed by atoms with E-state index in [2.05, 4.69) is 30.2 Å². The molecule has 9 heteroatoms. The summed E-state index contributed by atoms with van der Waals surface area (Å²) in [5.74, 6) is 0.722. The first-order valence-electron chi connectivity index (χ1n) is 6.39. The van der Waals surface area contributed by atoms with Gasteiger partial charge in [-0.1, -0.05) is 10.3 Å². The number of H-pyrrole nitrogens is 1. The number of aromatic nitrogens is 5. The van der Waals surface area contributed by atoms with Crippen LogP contribution in [0.3, 0.4) is 0 Å². The van der Waals surface area contributed by atoms with Gasteiger partial charge in [0.2, 0.25) is 4.77 Å². The van der Waals surface area contributed by atoms with Crippen molar-refractivity contribution in [3.8, 4) is 5.75 Å². The van der Waals surface area contributed by atoms with Gasteiger partial charge in [-0.15, -0.1) is 0 Å². The highest BCUT2D eigenvalue weighted by molar-refractivity contribution is 7.71. The van der Waals surface area contributed by atoms with Gasteiger partial charge in [0.15, 0.2) is 0 Å². The number of rotatable bonds is 5. The van der Waals surface area contributed by atoms with Crippen molar-refractivity contribution in [3.63, 3.8) is 0 Å². The minimum absolute atomic E-state index is 0.312. The van der Waals surface area contributed by atoms with Crippen LogP contribution in [0.15, 0.2) is 40.3 Å². The van der Waals surface area contributed by atoms with Crippen LogP contribution in [-0.2, 0) is 6.61 Å². The van der Waals surface area contributed by atoms with Crippen molar-refractivity contribution in [2.24, 2.45) is 5.10 Å². The lowest BCUT2D eigenvalue weighted by atomic mass is 10.2. The number of aromatic amines is 1. The lowest BCUT2D eigenvalue weighted by molar-refractivity contribution is 0.270. The van der Waals surface area contributed by atoms with Crippen molar-refractivity contribution in [3.05, 3.63) is 52.3 Å². The minimum atomic E-state index is 0.312. The zero-order valence-electron chi connectivity index (χ0n) is 11.6. The van der Waals surface area contributed by atoms with E-state index in [0.29, 0.717) is 17.1 Å². The van der Waals surface area contributed by atoms with Crippen LogP contribution in [0.4, 0.5) is 0 Å². The number of nitrogens with one attached hydrogen (secondary N) is 1. The van der Waals surface area contributed by atoms with Gasteiger partial charge in [-0.25, -0.2) is 4.63 Å². The Hall–Kier alpha value is -2.81. The standard InChI is InChI=1S/C13H12N6O2S/c1-9-12(18-21-17-9)7-20-11-4-2-10(3-5-11)6-15-19-8-14-16-13(19)22/h2-6,8H,7H2,1H3,(H,16,22)/b15-6+. The molecule has 112 valence electrons. The average Bonchev–Trinajstić information content (AvgIpc) is 3.12. The number of ether oxygens (including phenoxy) is 1. The lowest BCUT2D eigenvalue weighted by Gasteiger charge is -2.04. The zero-order chi connectivity index (χ0) is 15.4. The largest absolute Gasteiger partial charge is 0.487 e. The van der Waals surface area contributed by atoms with Crippen LogP contribution in [0.25, 0.3) is 0 Å². The summed E-state index contributed by atoms with van der Waals surface area (Å²) in [4.78, 5) is 0. The predicted molar refractivity (Wildman–Crippen MR) is 80.2 cm³/mol. The van der Waals surface area contributed by atoms with Gasteiger partial charge in [-0.3, -0.25) is 5.10 Å². The summed E-state index contributed by atoms with van der Waals surface area (Å²) in [6.45, 7) is 2.13. The van der Waals surface area contributed by atoms with Gasteiger partial charge in [0.1, 0.15) is 30.1 Å². The number of nitrogens with zero attached hydrogens (tertiary/aromatic N) is 5. The van der Waals surface area contributed by atoms with E-state index in [1.807, 2.05) is 31.2 Å². The van der Waals surface area contributed by atoms with Crippen molar-refractivity contribution < 1.29 is 9.37 Å². The molecule has 8 nitrogen and oxygen atoms in total. The van der Waals surface area contributed by atoms with Gasteiger partial charge in [0.05, 0.1) is 6.21 Å². The SMILES string of the molecule is Cc1nonc1COc1ccc(/C=N/n2cn[nH]c2=S)cc1. The molecule has 3 rings (SSSR count). The molecule has 0 aliphatic carbocycles. The van der Waals surface area contributed by atoms with E-state index in [4.69, 9.17) is 17.0 Å². The molecule has 0 aliphatic rings. The summed E-state index contributed by atoms with van der Waals surface area (Å²) in [7, 11) is 0. The van der Waals surface area contributed by atoms with E-state index in [9.17, 15) is 0 Å². The Morgan fingerprint density at radius 1 is 1.36 bits per heavy atom. The molecule has 0 bridgehead atoms. The number of hydrogen-bond donors (Lipinski definition) is 1. The summed E-state index contributed by atoms with van der Waals surface area (Å²) in [5, 5.41) is 18.1. The normalized spacial score (nSPS) is 11.1. The maximum atomic E-state index is 5.61. The molecule has 2 heterocycles. The smallest absolute Gasteiger partial charge is 0.216 e. The third-order valence-electron chi connectivity index (χ3n) is 2.87. The summed E-state index contributed by atoms with van der Waals surface area (Å²) in [6.07, 6.45) is 3.19. The quantitative estimate of drug-likeness (QED) is 0.572. The van der Waals surface area contributed by atoms with Crippen molar-refractivity contribution in [1.82, 2.24) is 25.2 Å².